The van der Waals surface area contributed by atoms with Crippen LogP contribution in [0.5, 0.6) is 0 Å². The van der Waals surface area contributed by atoms with Crippen molar-refractivity contribution in [3.63, 3.8) is 0 Å². The fraction of sp³-hybridized carbons (Fsp3) is 0.0667. The Kier molecular flexibility index (Phi) is 2.68. The lowest BCUT2D eigenvalue weighted by Crippen LogP contribution is -2.01. The molecule has 3 aromatic rings. The molecule has 1 aromatic carbocycles. The lowest BCUT2D eigenvalue weighted by Gasteiger charge is -2.04. The molecule has 2 aromatic heterocycles. The molecule has 0 atom stereocenters. The Bertz CT molecular complexity index is 725. The number of hydrogen-bond acceptors (Lipinski definition) is 3. The number of thiophene rings is 1. The van der Waals surface area contributed by atoms with Crippen LogP contribution in [-0.2, 0) is 0 Å². The van der Waals surface area contributed by atoms with Gasteiger partial charge in [0, 0.05) is 23.3 Å². The molecule has 0 radical (unpaired) electrons. The van der Waals surface area contributed by atoms with E-state index in [0.29, 0.717) is 0 Å². The van der Waals surface area contributed by atoms with E-state index in [2.05, 4.69) is 4.98 Å². The molecule has 88 valence electrons. The third-order valence-electron chi connectivity index (χ3n) is 3.00. The van der Waals surface area contributed by atoms with Gasteiger partial charge in [0.1, 0.15) is 0 Å². The molecule has 0 unspecified atom stereocenters. The van der Waals surface area contributed by atoms with Gasteiger partial charge in [0.25, 0.3) is 0 Å². The van der Waals surface area contributed by atoms with E-state index in [4.69, 9.17) is 0 Å². The van der Waals surface area contributed by atoms with Crippen molar-refractivity contribution in [3.8, 4) is 0 Å². The Hall–Kier alpha value is -2.00. The molecule has 3 rings (SSSR count). The maximum atomic E-state index is 12.5. The van der Waals surface area contributed by atoms with Crippen molar-refractivity contribution in [3.05, 3.63) is 64.1 Å². The Balaban J connectivity index is 2.21. The highest BCUT2D eigenvalue weighted by molar-refractivity contribution is 7.12. The third-order valence-corrected chi connectivity index (χ3v) is 4.01. The normalized spacial score (nSPS) is 10.7. The van der Waals surface area contributed by atoms with Gasteiger partial charge in [0.2, 0.25) is 5.78 Å². The van der Waals surface area contributed by atoms with Gasteiger partial charge in [-0.05, 0) is 35.4 Å². The first kappa shape index (κ1) is 11.1. The fourth-order valence-corrected chi connectivity index (χ4v) is 2.92. The van der Waals surface area contributed by atoms with Gasteiger partial charge in [-0.1, -0.05) is 18.2 Å². The van der Waals surface area contributed by atoms with Crippen molar-refractivity contribution in [2.24, 2.45) is 0 Å². The standard InChI is InChI=1S/C15H11NOS/c1-10-6-8-18-15(10)14(17)12-4-2-3-11-5-7-16-9-13(11)12/h2-9H,1H3. The van der Waals surface area contributed by atoms with E-state index in [-0.39, 0.29) is 5.78 Å². The Labute approximate surface area is 109 Å². The van der Waals surface area contributed by atoms with E-state index in [9.17, 15) is 4.79 Å². The zero-order chi connectivity index (χ0) is 12.5. The smallest absolute Gasteiger partial charge is 0.203 e. The molecule has 0 N–H and O–H groups in total. The summed E-state index contributed by atoms with van der Waals surface area (Å²) in [5.74, 6) is 0.0844. The molecule has 0 saturated heterocycles. The van der Waals surface area contributed by atoms with Gasteiger partial charge >= 0.3 is 0 Å². The second-order valence-electron chi connectivity index (χ2n) is 4.16. The van der Waals surface area contributed by atoms with Gasteiger partial charge in [-0.25, -0.2) is 0 Å². The summed E-state index contributed by atoms with van der Waals surface area (Å²) in [5, 5.41) is 3.91. The molecule has 0 spiro atoms. The van der Waals surface area contributed by atoms with Gasteiger partial charge < -0.3 is 0 Å². The number of benzene rings is 1. The molecule has 0 saturated carbocycles. The minimum absolute atomic E-state index is 0.0844. The third kappa shape index (κ3) is 1.73. The number of pyridine rings is 1. The van der Waals surface area contributed by atoms with E-state index in [1.165, 1.54) is 11.3 Å². The SMILES string of the molecule is Cc1ccsc1C(=O)c1cccc2ccncc12. The van der Waals surface area contributed by atoms with Crippen molar-refractivity contribution in [1.82, 2.24) is 4.98 Å². The lowest BCUT2D eigenvalue weighted by atomic mass is 10.0. The molecule has 3 heteroatoms. The molecule has 2 nitrogen and oxygen atoms in total. The highest BCUT2D eigenvalue weighted by Gasteiger charge is 2.15. The number of rotatable bonds is 2. The largest absolute Gasteiger partial charge is 0.288 e. The first-order chi connectivity index (χ1) is 8.77. The van der Waals surface area contributed by atoms with Crippen molar-refractivity contribution in [1.29, 1.82) is 0 Å². The average molecular weight is 253 g/mol. The van der Waals surface area contributed by atoms with Crippen LogP contribution in [0, 0.1) is 6.92 Å². The van der Waals surface area contributed by atoms with E-state index < -0.39 is 0 Å². The molecule has 0 amide bonds. The van der Waals surface area contributed by atoms with E-state index >= 15 is 0 Å². The summed E-state index contributed by atoms with van der Waals surface area (Å²) >= 11 is 1.49. The summed E-state index contributed by atoms with van der Waals surface area (Å²) < 4.78 is 0. The van der Waals surface area contributed by atoms with Crippen molar-refractivity contribution in [2.75, 3.05) is 0 Å². The van der Waals surface area contributed by atoms with Gasteiger partial charge in [-0.3, -0.25) is 9.78 Å². The second kappa shape index (κ2) is 4.35. The molecule has 0 fully saturated rings. The zero-order valence-electron chi connectivity index (χ0n) is 9.88. The maximum Gasteiger partial charge on any atom is 0.203 e. The van der Waals surface area contributed by atoms with Crippen LogP contribution in [0.2, 0.25) is 0 Å². The van der Waals surface area contributed by atoms with Gasteiger partial charge in [0.05, 0.1) is 4.88 Å². The number of aromatic nitrogens is 1. The quantitative estimate of drug-likeness (QED) is 0.649. The first-order valence-electron chi connectivity index (χ1n) is 5.69. The predicted octanol–water partition coefficient (Wildman–Crippen LogP) is 3.84. The minimum atomic E-state index is 0.0844. The molecule has 2 heterocycles. The zero-order valence-corrected chi connectivity index (χ0v) is 10.7. The van der Waals surface area contributed by atoms with Crippen LogP contribution in [0.3, 0.4) is 0 Å². The topological polar surface area (TPSA) is 30.0 Å². The molecule has 0 aliphatic rings. The summed E-state index contributed by atoms with van der Waals surface area (Å²) in [5.41, 5.74) is 1.76. The summed E-state index contributed by atoms with van der Waals surface area (Å²) in [7, 11) is 0. The van der Waals surface area contributed by atoms with Crippen LogP contribution in [-0.4, -0.2) is 10.8 Å². The van der Waals surface area contributed by atoms with Crippen molar-refractivity contribution in [2.45, 2.75) is 6.92 Å². The lowest BCUT2D eigenvalue weighted by molar-refractivity contribution is 0.104. The van der Waals surface area contributed by atoms with Gasteiger partial charge in [0.15, 0.2) is 0 Å². The monoisotopic (exact) mass is 253 g/mol. The van der Waals surface area contributed by atoms with E-state index in [1.807, 2.05) is 42.6 Å². The van der Waals surface area contributed by atoms with Gasteiger partial charge in [-0.15, -0.1) is 11.3 Å². The second-order valence-corrected chi connectivity index (χ2v) is 5.08. The van der Waals surface area contributed by atoms with Crippen LogP contribution < -0.4 is 0 Å². The fourth-order valence-electron chi connectivity index (χ4n) is 2.04. The number of carbonyl (C=O) groups is 1. The number of ketones is 1. The van der Waals surface area contributed by atoms with Crippen LogP contribution in [0.1, 0.15) is 20.8 Å². The highest BCUT2D eigenvalue weighted by atomic mass is 32.1. The summed E-state index contributed by atoms with van der Waals surface area (Å²) in [6, 6.07) is 9.67. The van der Waals surface area contributed by atoms with Crippen molar-refractivity contribution < 1.29 is 4.79 Å². The Morgan fingerprint density at radius 2 is 2.11 bits per heavy atom. The highest BCUT2D eigenvalue weighted by Crippen LogP contribution is 2.24. The summed E-state index contributed by atoms with van der Waals surface area (Å²) in [6.45, 7) is 1.97. The molecular weight excluding hydrogens is 242 g/mol. The number of aryl methyl sites for hydroxylation is 1. The molecular formula is C15H11NOS. The minimum Gasteiger partial charge on any atom is -0.288 e. The van der Waals surface area contributed by atoms with Crippen LogP contribution >= 0.6 is 11.3 Å². The average Bonchev–Trinajstić information content (AvgIpc) is 2.83. The summed E-state index contributed by atoms with van der Waals surface area (Å²) in [6.07, 6.45) is 3.50. The van der Waals surface area contributed by atoms with Crippen LogP contribution in [0.4, 0.5) is 0 Å². The first-order valence-corrected chi connectivity index (χ1v) is 6.57. The molecule has 0 aliphatic carbocycles. The van der Waals surface area contributed by atoms with Crippen molar-refractivity contribution >= 4 is 27.9 Å². The van der Waals surface area contributed by atoms with Gasteiger partial charge in [-0.2, -0.15) is 0 Å². The van der Waals surface area contributed by atoms with Crippen LogP contribution in [0.25, 0.3) is 10.8 Å². The number of nitrogens with zero attached hydrogens (tertiary/aromatic N) is 1. The number of fused-ring (bicyclic) bond motifs is 1. The Morgan fingerprint density at radius 1 is 1.22 bits per heavy atom. The summed E-state index contributed by atoms with van der Waals surface area (Å²) in [4.78, 5) is 17.4. The number of carbonyl (C=O) groups excluding carboxylic acids is 1. The molecule has 18 heavy (non-hydrogen) atoms. The van der Waals surface area contributed by atoms with Crippen LogP contribution in [0.15, 0.2) is 48.1 Å². The van der Waals surface area contributed by atoms with E-state index in [1.54, 1.807) is 12.4 Å². The predicted molar refractivity (Wildman–Crippen MR) is 74.2 cm³/mol. The maximum absolute atomic E-state index is 12.5. The number of hydrogen-bond donors (Lipinski definition) is 0. The molecule has 0 bridgehead atoms. The molecule has 0 aliphatic heterocycles. The van der Waals surface area contributed by atoms with E-state index in [0.717, 1.165) is 26.8 Å². The Morgan fingerprint density at radius 3 is 2.89 bits per heavy atom.